The summed E-state index contributed by atoms with van der Waals surface area (Å²) < 4.78 is 10.6. The van der Waals surface area contributed by atoms with E-state index in [9.17, 15) is 4.79 Å². The van der Waals surface area contributed by atoms with E-state index >= 15 is 0 Å². The van der Waals surface area contributed by atoms with E-state index in [1.165, 1.54) is 11.1 Å². The van der Waals surface area contributed by atoms with Gasteiger partial charge in [-0.3, -0.25) is 4.79 Å². The maximum atomic E-state index is 12.5. The van der Waals surface area contributed by atoms with Gasteiger partial charge in [0.1, 0.15) is 5.75 Å². The number of amides is 1. The molecule has 0 unspecified atom stereocenters. The topological polar surface area (TPSA) is 77.2 Å². The lowest BCUT2D eigenvalue weighted by molar-refractivity contribution is -0.122. The van der Waals surface area contributed by atoms with Crippen molar-refractivity contribution in [1.29, 1.82) is 0 Å². The van der Waals surface area contributed by atoms with Gasteiger partial charge in [0, 0.05) is 5.56 Å². The molecule has 27 heavy (non-hydrogen) atoms. The van der Waals surface area contributed by atoms with Gasteiger partial charge in [-0.05, 0) is 85.4 Å². The number of benzene rings is 2. The molecule has 0 fully saturated rings. The number of carbonyl (C=O) groups excluding carboxylic acids is 1. The summed E-state index contributed by atoms with van der Waals surface area (Å²) in [6, 6.07) is 11.6. The molecule has 140 valence electrons. The van der Waals surface area contributed by atoms with Crippen LogP contribution in [0.4, 0.5) is 5.82 Å². The number of nitrogens with one attached hydrogen (secondary N) is 1. The minimum absolute atomic E-state index is 0.277. The van der Waals surface area contributed by atoms with Gasteiger partial charge >= 0.3 is 0 Å². The number of ether oxygens (including phenoxy) is 1. The number of hydrogen-bond donors (Lipinski definition) is 1. The van der Waals surface area contributed by atoms with Crippen LogP contribution in [0.2, 0.25) is 0 Å². The third-order valence-corrected chi connectivity index (χ3v) is 4.67. The summed E-state index contributed by atoms with van der Waals surface area (Å²) in [7, 11) is 0. The van der Waals surface area contributed by atoms with Crippen LogP contribution in [0.3, 0.4) is 0 Å². The quantitative estimate of drug-likeness (QED) is 0.726. The lowest BCUT2D eigenvalue weighted by atomic mass is 10.0. The summed E-state index contributed by atoms with van der Waals surface area (Å²) in [4.78, 5) is 12.5. The van der Waals surface area contributed by atoms with E-state index in [0.717, 1.165) is 16.7 Å². The molecule has 3 aromatic rings. The Kier molecular flexibility index (Phi) is 5.26. The number of aryl methyl sites for hydroxylation is 4. The maximum absolute atomic E-state index is 12.5. The number of carbonyl (C=O) groups is 1. The molecule has 1 aromatic heterocycles. The Morgan fingerprint density at radius 2 is 1.63 bits per heavy atom. The molecule has 2 aromatic carbocycles. The second-order valence-electron chi connectivity index (χ2n) is 6.76. The smallest absolute Gasteiger partial charge is 0.266 e. The van der Waals surface area contributed by atoms with E-state index in [4.69, 9.17) is 9.37 Å². The number of anilines is 1. The highest BCUT2D eigenvalue weighted by Gasteiger charge is 2.20. The van der Waals surface area contributed by atoms with Crippen LogP contribution < -0.4 is 10.1 Å². The molecule has 1 atom stereocenters. The third-order valence-electron chi connectivity index (χ3n) is 4.67. The maximum Gasteiger partial charge on any atom is 0.266 e. The summed E-state index contributed by atoms with van der Waals surface area (Å²) in [5, 5.41) is 10.5. The fourth-order valence-corrected chi connectivity index (χ4v) is 2.61. The third kappa shape index (κ3) is 4.16. The molecule has 0 radical (unpaired) electrons. The summed E-state index contributed by atoms with van der Waals surface area (Å²) in [5.74, 6) is 0.598. The fourth-order valence-electron chi connectivity index (χ4n) is 2.61. The summed E-state index contributed by atoms with van der Waals surface area (Å²) >= 11 is 0. The Hall–Kier alpha value is -3.15. The van der Waals surface area contributed by atoms with Gasteiger partial charge in [-0.25, -0.2) is 4.63 Å². The Morgan fingerprint density at radius 3 is 2.30 bits per heavy atom. The Balaban J connectivity index is 1.73. The Morgan fingerprint density at radius 1 is 0.963 bits per heavy atom. The molecule has 0 saturated carbocycles. The fraction of sp³-hybridized carbons (Fsp3) is 0.286. The normalized spacial score (nSPS) is 11.9. The highest BCUT2D eigenvalue weighted by atomic mass is 16.6. The monoisotopic (exact) mass is 365 g/mol. The summed E-state index contributed by atoms with van der Waals surface area (Å²) in [5.41, 5.74) is 5.90. The van der Waals surface area contributed by atoms with Crippen LogP contribution in [-0.4, -0.2) is 22.3 Å². The van der Waals surface area contributed by atoms with Crippen molar-refractivity contribution >= 4 is 11.7 Å². The van der Waals surface area contributed by atoms with E-state index in [1.54, 1.807) is 6.92 Å². The van der Waals surface area contributed by atoms with Gasteiger partial charge in [0.15, 0.2) is 11.8 Å². The molecule has 0 aliphatic rings. The molecule has 0 aliphatic carbocycles. The summed E-state index contributed by atoms with van der Waals surface area (Å²) in [6.07, 6.45) is -0.698. The van der Waals surface area contributed by atoms with Crippen molar-refractivity contribution in [3.8, 4) is 17.0 Å². The molecule has 1 N–H and O–H groups in total. The predicted molar refractivity (Wildman–Crippen MR) is 104 cm³/mol. The van der Waals surface area contributed by atoms with E-state index < -0.39 is 6.10 Å². The van der Waals surface area contributed by atoms with E-state index in [1.807, 2.05) is 64.1 Å². The van der Waals surface area contributed by atoms with Gasteiger partial charge in [-0.2, -0.15) is 0 Å². The van der Waals surface area contributed by atoms with Crippen LogP contribution >= 0.6 is 0 Å². The van der Waals surface area contributed by atoms with Crippen LogP contribution in [0.5, 0.6) is 5.75 Å². The van der Waals surface area contributed by atoms with Crippen LogP contribution in [-0.2, 0) is 4.79 Å². The van der Waals surface area contributed by atoms with E-state index in [2.05, 4.69) is 15.6 Å². The number of aromatic nitrogens is 2. The molecular formula is C21H23N3O3. The first-order valence-electron chi connectivity index (χ1n) is 8.80. The van der Waals surface area contributed by atoms with Crippen molar-refractivity contribution in [1.82, 2.24) is 10.3 Å². The molecule has 3 rings (SSSR count). The largest absolute Gasteiger partial charge is 0.481 e. The van der Waals surface area contributed by atoms with Crippen molar-refractivity contribution < 1.29 is 14.2 Å². The predicted octanol–water partition coefficient (Wildman–Crippen LogP) is 4.38. The molecular weight excluding hydrogens is 342 g/mol. The van der Waals surface area contributed by atoms with Crippen molar-refractivity contribution in [2.24, 2.45) is 0 Å². The first-order valence-corrected chi connectivity index (χ1v) is 8.80. The van der Waals surface area contributed by atoms with Crippen LogP contribution in [0.15, 0.2) is 41.0 Å². The Bertz CT molecular complexity index is 979. The molecule has 0 aliphatic heterocycles. The zero-order chi connectivity index (χ0) is 19.6. The van der Waals surface area contributed by atoms with Gasteiger partial charge in [0.2, 0.25) is 5.82 Å². The lowest BCUT2D eigenvalue weighted by Gasteiger charge is -2.15. The average molecular weight is 365 g/mol. The number of hydrogen-bond acceptors (Lipinski definition) is 5. The summed E-state index contributed by atoms with van der Waals surface area (Å²) in [6.45, 7) is 9.78. The molecule has 6 nitrogen and oxygen atoms in total. The molecule has 6 heteroatoms. The van der Waals surface area contributed by atoms with Gasteiger partial charge in [0.05, 0.1) is 0 Å². The highest BCUT2D eigenvalue weighted by Crippen LogP contribution is 2.26. The van der Waals surface area contributed by atoms with Crippen molar-refractivity contribution in [2.45, 2.75) is 40.7 Å². The van der Waals surface area contributed by atoms with E-state index in [0.29, 0.717) is 11.4 Å². The first kappa shape index (κ1) is 18.6. The minimum Gasteiger partial charge on any atom is -0.481 e. The van der Waals surface area contributed by atoms with Crippen LogP contribution in [0, 0.1) is 27.7 Å². The molecule has 0 bridgehead atoms. The Labute approximate surface area is 158 Å². The zero-order valence-electron chi connectivity index (χ0n) is 16.2. The molecule has 0 saturated heterocycles. The van der Waals surface area contributed by atoms with Crippen molar-refractivity contribution in [3.63, 3.8) is 0 Å². The van der Waals surface area contributed by atoms with E-state index in [-0.39, 0.29) is 11.7 Å². The van der Waals surface area contributed by atoms with Crippen LogP contribution in [0.25, 0.3) is 11.3 Å². The average Bonchev–Trinajstić information content (AvgIpc) is 3.08. The van der Waals surface area contributed by atoms with Gasteiger partial charge < -0.3 is 10.1 Å². The second kappa shape index (κ2) is 7.61. The highest BCUT2D eigenvalue weighted by molar-refractivity contribution is 5.96. The van der Waals surface area contributed by atoms with Gasteiger partial charge in [-0.15, -0.1) is 0 Å². The standard InChI is InChI=1S/C21H23N3O3/c1-12-6-8-17(10-14(12)3)19-20(24-27-23-19)22-21(25)16(5)26-18-9-7-13(2)15(4)11-18/h6-11,16H,1-5H3,(H,22,24,25)/t16-/m1/s1. The second-order valence-corrected chi connectivity index (χ2v) is 6.76. The minimum atomic E-state index is -0.698. The molecule has 1 amide bonds. The SMILES string of the molecule is Cc1ccc(O[C@H](C)C(=O)Nc2nonc2-c2ccc(C)c(C)c2)cc1C. The van der Waals surface area contributed by atoms with Gasteiger partial charge in [0.25, 0.3) is 5.91 Å². The molecule has 1 heterocycles. The molecule has 0 spiro atoms. The van der Waals surface area contributed by atoms with Crippen molar-refractivity contribution in [2.75, 3.05) is 5.32 Å². The zero-order valence-corrected chi connectivity index (χ0v) is 16.2. The van der Waals surface area contributed by atoms with Crippen LogP contribution in [0.1, 0.15) is 29.2 Å². The number of rotatable bonds is 5. The number of nitrogens with zero attached hydrogens (tertiary/aromatic N) is 2. The lowest BCUT2D eigenvalue weighted by Crippen LogP contribution is -2.30. The van der Waals surface area contributed by atoms with Crippen molar-refractivity contribution in [3.05, 3.63) is 58.7 Å². The first-order chi connectivity index (χ1) is 12.8. The van der Waals surface area contributed by atoms with Gasteiger partial charge in [-0.1, -0.05) is 18.2 Å².